The standard InChI is InChI=1S/C20H17FNO/c1-12-7-8-15-18-13(2)10-14(21)11-17(18)23-20(15)19(12)16-6-4-5-9-22(16)3/h4-11H,1-3H3/q+1. The normalized spacial score (nSPS) is 11.5. The van der Waals surface area contributed by atoms with Crippen molar-refractivity contribution in [3.8, 4) is 11.3 Å². The van der Waals surface area contributed by atoms with Gasteiger partial charge in [-0.1, -0.05) is 12.1 Å². The van der Waals surface area contributed by atoms with Gasteiger partial charge in [-0.3, -0.25) is 0 Å². The maximum absolute atomic E-state index is 13.7. The molecule has 0 amide bonds. The van der Waals surface area contributed by atoms with Gasteiger partial charge in [-0.25, -0.2) is 8.96 Å². The summed E-state index contributed by atoms with van der Waals surface area (Å²) in [6, 6.07) is 13.3. The van der Waals surface area contributed by atoms with Gasteiger partial charge in [-0.2, -0.15) is 0 Å². The molecule has 0 bridgehead atoms. The van der Waals surface area contributed by atoms with Gasteiger partial charge in [-0.15, -0.1) is 0 Å². The van der Waals surface area contributed by atoms with Crippen LogP contribution in [0.1, 0.15) is 11.1 Å². The fourth-order valence-electron chi connectivity index (χ4n) is 3.33. The molecule has 0 aliphatic carbocycles. The Kier molecular flexibility index (Phi) is 2.98. The minimum absolute atomic E-state index is 0.266. The van der Waals surface area contributed by atoms with Gasteiger partial charge in [0.2, 0.25) is 5.69 Å². The van der Waals surface area contributed by atoms with Crippen LogP contribution in [-0.4, -0.2) is 0 Å². The summed E-state index contributed by atoms with van der Waals surface area (Å²) in [7, 11) is 2.02. The third-order valence-electron chi connectivity index (χ3n) is 4.42. The number of benzene rings is 2. The van der Waals surface area contributed by atoms with Gasteiger partial charge in [0.15, 0.2) is 6.20 Å². The zero-order chi connectivity index (χ0) is 16.1. The molecule has 0 aliphatic heterocycles. The monoisotopic (exact) mass is 306 g/mol. The average molecular weight is 306 g/mol. The fourth-order valence-corrected chi connectivity index (χ4v) is 3.33. The van der Waals surface area contributed by atoms with E-state index in [1.807, 2.05) is 32.3 Å². The highest BCUT2D eigenvalue weighted by Gasteiger charge is 2.20. The van der Waals surface area contributed by atoms with Crippen molar-refractivity contribution < 1.29 is 13.4 Å². The fraction of sp³-hybridized carbons (Fsp3) is 0.150. The summed E-state index contributed by atoms with van der Waals surface area (Å²) in [6.07, 6.45) is 2.02. The van der Waals surface area contributed by atoms with E-state index in [9.17, 15) is 4.39 Å². The number of aryl methyl sites for hydroxylation is 3. The molecule has 0 atom stereocenters. The number of pyridine rings is 1. The highest BCUT2D eigenvalue weighted by atomic mass is 19.1. The first-order chi connectivity index (χ1) is 11.1. The first-order valence-corrected chi connectivity index (χ1v) is 7.63. The first-order valence-electron chi connectivity index (χ1n) is 7.63. The lowest BCUT2D eigenvalue weighted by Crippen LogP contribution is -2.30. The molecule has 0 spiro atoms. The van der Waals surface area contributed by atoms with Gasteiger partial charge in [0, 0.05) is 29.0 Å². The maximum atomic E-state index is 13.7. The second-order valence-corrected chi connectivity index (χ2v) is 6.03. The second kappa shape index (κ2) is 4.92. The number of rotatable bonds is 1. The topological polar surface area (TPSA) is 17.0 Å². The molecule has 0 unspecified atom stereocenters. The Hall–Kier alpha value is -2.68. The zero-order valence-corrected chi connectivity index (χ0v) is 13.4. The summed E-state index contributed by atoms with van der Waals surface area (Å²) in [5.74, 6) is -0.266. The molecule has 2 aromatic carbocycles. The molecule has 2 aromatic heterocycles. The Balaban J connectivity index is 2.19. The molecule has 2 heterocycles. The van der Waals surface area contributed by atoms with Gasteiger partial charge in [-0.05, 0) is 37.1 Å². The van der Waals surface area contributed by atoms with Crippen LogP contribution in [0, 0.1) is 19.7 Å². The Bertz CT molecular complexity index is 1060. The minimum Gasteiger partial charge on any atom is -0.455 e. The van der Waals surface area contributed by atoms with Crippen molar-refractivity contribution in [3.05, 3.63) is 65.6 Å². The summed E-state index contributed by atoms with van der Waals surface area (Å²) in [6.45, 7) is 3.99. The molecule has 4 aromatic rings. The third-order valence-corrected chi connectivity index (χ3v) is 4.42. The smallest absolute Gasteiger partial charge is 0.216 e. The van der Waals surface area contributed by atoms with E-state index >= 15 is 0 Å². The van der Waals surface area contributed by atoms with Crippen LogP contribution in [0.15, 0.2) is 53.1 Å². The lowest BCUT2D eigenvalue weighted by Gasteiger charge is -2.05. The summed E-state index contributed by atoms with van der Waals surface area (Å²) in [5, 5.41) is 2.02. The van der Waals surface area contributed by atoms with E-state index in [-0.39, 0.29) is 5.82 Å². The Morgan fingerprint density at radius 3 is 2.61 bits per heavy atom. The van der Waals surface area contributed by atoms with E-state index in [4.69, 9.17) is 4.42 Å². The number of nitrogens with zero attached hydrogens (tertiary/aromatic N) is 1. The first kappa shape index (κ1) is 13.9. The molecule has 114 valence electrons. The van der Waals surface area contributed by atoms with Crippen LogP contribution in [0.2, 0.25) is 0 Å². The summed E-state index contributed by atoms with van der Waals surface area (Å²) in [4.78, 5) is 0. The van der Waals surface area contributed by atoms with Crippen molar-refractivity contribution in [1.82, 2.24) is 0 Å². The van der Waals surface area contributed by atoms with Crippen LogP contribution < -0.4 is 4.57 Å². The van der Waals surface area contributed by atoms with E-state index < -0.39 is 0 Å². The van der Waals surface area contributed by atoms with Crippen LogP contribution >= 0.6 is 0 Å². The maximum Gasteiger partial charge on any atom is 0.216 e. The summed E-state index contributed by atoms with van der Waals surface area (Å²) >= 11 is 0. The number of hydrogen-bond acceptors (Lipinski definition) is 1. The number of hydrogen-bond donors (Lipinski definition) is 0. The van der Waals surface area contributed by atoms with Gasteiger partial charge in [0.25, 0.3) is 0 Å². The molecule has 2 nitrogen and oxygen atoms in total. The quantitative estimate of drug-likeness (QED) is 0.460. The molecule has 3 heteroatoms. The predicted molar refractivity (Wildman–Crippen MR) is 89.8 cm³/mol. The third kappa shape index (κ3) is 2.04. The van der Waals surface area contributed by atoms with Gasteiger partial charge in [0.05, 0.1) is 5.56 Å². The number of aromatic nitrogens is 1. The van der Waals surface area contributed by atoms with Crippen molar-refractivity contribution in [2.75, 3.05) is 0 Å². The molecule has 0 aliphatic rings. The Morgan fingerprint density at radius 1 is 1.00 bits per heavy atom. The minimum atomic E-state index is -0.266. The average Bonchev–Trinajstić information content (AvgIpc) is 2.86. The van der Waals surface area contributed by atoms with E-state index in [0.29, 0.717) is 5.58 Å². The Morgan fingerprint density at radius 2 is 1.83 bits per heavy atom. The van der Waals surface area contributed by atoms with Crippen molar-refractivity contribution in [1.29, 1.82) is 0 Å². The number of furan rings is 1. The van der Waals surface area contributed by atoms with E-state index in [2.05, 4.69) is 29.7 Å². The van der Waals surface area contributed by atoms with Crippen LogP contribution in [0.3, 0.4) is 0 Å². The zero-order valence-electron chi connectivity index (χ0n) is 13.4. The Labute approximate surface area is 133 Å². The van der Waals surface area contributed by atoms with Crippen molar-refractivity contribution in [2.24, 2.45) is 7.05 Å². The van der Waals surface area contributed by atoms with Gasteiger partial charge in [0.1, 0.15) is 24.0 Å². The van der Waals surface area contributed by atoms with Crippen molar-refractivity contribution >= 4 is 21.9 Å². The SMILES string of the molecule is Cc1ccc2c(oc3cc(F)cc(C)c32)c1-c1cccc[n+]1C. The molecular formula is C20H17FNO+. The van der Waals surface area contributed by atoms with E-state index in [0.717, 1.165) is 38.7 Å². The lowest BCUT2D eigenvalue weighted by molar-refractivity contribution is -0.660. The molecule has 0 saturated carbocycles. The molecule has 0 fully saturated rings. The highest BCUT2D eigenvalue weighted by Crippen LogP contribution is 2.38. The van der Waals surface area contributed by atoms with Crippen molar-refractivity contribution in [3.63, 3.8) is 0 Å². The summed E-state index contributed by atoms with van der Waals surface area (Å²) in [5.41, 5.74) is 5.58. The van der Waals surface area contributed by atoms with E-state index in [1.54, 1.807) is 6.07 Å². The van der Waals surface area contributed by atoms with E-state index in [1.165, 1.54) is 6.07 Å². The number of halogens is 1. The lowest BCUT2D eigenvalue weighted by atomic mass is 9.99. The van der Waals surface area contributed by atoms with Crippen LogP contribution in [0.25, 0.3) is 33.2 Å². The van der Waals surface area contributed by atoms with Crippen LogP contribution in [0.5, 0.6) is 0 Å². The largest absolute Gasteiger partial charge is 0.455 e. The van der Waals surface area contributed by atoms with Gasteiger partial charge < -0.3 is 4.42 Å². The molecule has 0 N–H and O–H groups in total. The molecule has 4 rings (SSSR count). The van der Waals surface area contributed by atoms with Gasteiger partial charge >= 0.3 is 0 Å². The molecule has 0 radical (unpaired) electrons. The highest BCUT2D eigenvalue weighted by molar-refractivity contribution is 6.11. The number of fused-ring (bicyclic) bond motifs is 3. The molecular weight excluding hydrogens is 289 g/mol. The van der Waals surface area contributed by atoms with Crippen LogP contribution in [0.4, 0.5) is 4.39 Å². The van der Waals surface area contributed by atoms with Crippen molar-refractivity contribution in [2.45, 2.75) is 13.8 Å². The molecule has 23 heavy (non-hydrogen) atoms. The predicted octanol–water partition coefficient (Wildman–Crippen LogP) is 4.83. The molecule has 0 saturated heterocycles. The second-order valence-electron chi connectivity index (χ2n) is 6.03. The summed E-state index contributed by atoms with van der Waals surface area (Å²) < 4.78 is 21.9. The van der Waals surface area contributed by atoms with Crippen LogP contribution in [-0.2, 0) is 7.05 Å².